The molecule has 0 bridgehead atoms. The van der Waals surface area contributed by atoms with E-state index in [1.807, 2.05) is 9.47 Å². The SMILES string of the molecule is NC/C(=C\F)Cn1c(Br)c2c(c1Br)C(=O)N(C1CC1)CC2. The van der Waals surface area contributed by atoms with Gasteiger partial charge in [-0.2, -0.15) is 0 Å². The zero-order chi connectivity index (χ0) is 15.1. The molecule has 1 amide bonds. The van der Waals surface area contributed by atoms with Crippen molar-refractivity contribution in [1.29, 1.82) is 0 Å². The standard InChI is InChI=1S/C14H16Br2FN3O/c15-12-10-3-4-19(9-1-2-9)14(21)11(10)13(16)20(12)7-8(5-17)6-18/h5,9H,1-4,6-7,18H2/b8-5+. The van der Waals surface area contributed by atoms with Crippen molar-refractivity contribution in [2.75, 3.05) is 13.1 Å². The highest BCUT2D eigenvalue weighted by Gasteiger charge is 2.39. The number of hydrogen-bond donors (Lipinski definition) is 1. The van der Waals surface area contributed by atoms with E-state index in [4.69, 9.17) is 5.73 Å². The van der Waals surface area contributed by atoms with Crippen molar-refractivity contribution in [3.05, 3.63) is 32.2 Å². The molecule has 0 spiro atoms. The van der Waals surface area contributed by atoms with E-state index in [0.29, 0.717) is 34.7 Å². The zero-order valence-electron chi connectivity index (χ0n) is 11.4. The lowest BCUT2D eigenvalue weighted by Crippen LogP contribution is -2.38. The summed E-state index contributed by atoms with van der Waals surface area (Å²) >= 11 is 7.05. The highest BCUT2D eigenvalue weighted by atomic mass is 79.9. The minimum atomic E-state index is 0.0728. The summed E-state index contributed by atoms with van der Waals surface area (Å²) in [4.78, 5) is 14.6. The van der Waals surface area contributed by atoms with E-state index in [1.54, 1.807) is 0 Å². The topological polar surface area (TPSA) is 51.3 Å². The van der Waals surface area contributed by atoms with Gasteiger partial charge in [0.25, 0.3) is 5.91 Å². The van der Waals surface area contributed by atoms with Crippen LogP contribution in [0, 0.1) is 0 Å². The molecule has 7 heteroatoms. The number of halogens is 3. The molecule has 2 N–H and O–H groups in total. The zero-order valence-corrected chi connectivity index (χ0v) is 14.6. The third-order valence-corrected chi connectivity index (χ3v) is 5.81. The number of nitrogens with two attached hydrogens (primary N) is 1. The molecule has 1 saturated carbocycles. The van der Waals surface area contributed by atoms with Crippen molar-refractivity contribution in [2.24, 2.45) is 5.73 Å². The summed E-state index contributed by atoms with van der Waals surface area (Å²) < 4.78 is 16.2. The highest BCUT2D eigenvalue weighted by Crippen LogP contribution is 2.39. The summed E-state index contributed by atoms with van der Waals surface area (Å²) in [7, 11) is 0. The van der Waals surface area contributed by atoms with Crippen LogP contribution in [0.4, 0.5) is 4.39 Å². The van der Waals surface area contributed by atoms with Crippen LogP contribution in [0.25, 0.3) is 0 Å². The van der Waals surface area contributed by atoms with Crippen LogP contribution >= 0.6 is 31.9 Å². The van der Waals surface area contributed by atoms with Gasteiger partial charge in [-0.1, -0.05) is 0 Å². The second kappa shape index (κ2) is 5.85. The van der Waals surface area contributed by atoms with Crippen LogP contribution in [0.5, 0.6) is 0 Å². The number of nitrogens with zero attached hydrogens (tertiary/aromatic N) is 2. The second-order valence-electron chi connectivity index (χ2n) is 5.47. The van der Waals surface area contributed by atoms with Gasteiger partial charge < -0.3 is 15.2 Å². The summed E-state index contributed by atoms with van der Waals surface area (Å²) in [5.41, 5.74) is 7.71. The molecule has 114 valence electrons. The molecule has 1 aromatic rings. The normalized spacial score (nSPS) is 19.1. The molecule has 0 unspecified atom stereocenters. The minimum Gasteiger partial charge on any atom is -0.335 e. The lowest BCUT2D eigenvalue weighted by Gasteiger charge is -2.27. The predicted octanol–water partition coefficient (Wildman–Crippen LogP) is 2.99. The van der Waals surface area contributed by atoms with Crippen LogP contribution in [0.3, 0.4) is 0 Å². The van der Waals surface area contributed by atoms with E-state index < -0.39 is 0 Å². The van der Waals surface area contributed by atoms with Gasteiger partial charge in [-0.3, -0.25) is 4.79 Å². The molecule has 0 atom stereocenters. The van der Waals surface area contributed by atoms with Crippen LogP contribution in [-0.2, 0) is 13.0 Å². The number of rotatable bonds is 4. The quantitative estimate of drug-likeness (QED) is 0.813. The summed E-state index contributed by atoms with van der Waals surface area (Å²) in [5, 5.41) is 0. The summed E-state index contributed by atoms with van der Waals surface area (Å²) in [6.45, 7) is 1.24. The Kier molecular flexibility index (Phi) is 4.25. The number of hydrogen-bond acceptors (Lipinski definition) is 2. The first kappa shape index (κ1) is 15.2. The first-order valence-electron chi connectivity index (χ1n) is 6.94. The van der Waals surface area contributed by atoms with Crippen LogP contribution in [0.2, 0.25) is 0 Å². The smallest absolute Gasteiger partial charge is 0.257 e. The average Bonchev–Trinajstić information content (AvgIpc) is 3.28. The first-order chi connectivity index (χ1) is 10.1. The second-order valence-corrected chi connectivity index (χ2v) is 6.97. The monoisotopic (exact) mass is 419 g/mol. The molecule has 0 aromatic carbocycles. The number of fused-ring (bicyclic) bond motifs is 1. The van der Waals surface area contributed by atoms with Crippen LogP contribution in [-0.4, -0.2) is 34.5 Å². The molecule has 2 heterocycles. The van der Waals surface area contributed by atoms with E-state index in [-0.39, 0.29) is 12.5 Å². The van der Waals surface area contributed by atoms with Crippen molar-refractivity contribution in [3.63, 3.8) is 0 Å². The van der Waals surface area contributed by atoms with Gasteiger partial charge in [-0.15, -0.1) is 0 Å². The number of carbonyl (C=O) groups excluding carboxylic acids is 1. The molecule has 1 aliphatic heterocycles. The van der Waals surface area contributed by atoms with E-state index in [0.717, 1.165) is 36.0 Å². The van der Waals surface area contributed by atoms with Gasteiger partial charge in [0.05, 0.1) is 21.1 Å². The molecule has 1 aromatic heterocycles. The van der Waals surface area contributed by atoms with E-state index in [2.05, 4.69) is 31.9 Å². The van der Waals surface area contributed by atoms with E-state index in [9.17, 15) is 9.18 Å². The third-order valence-electron chi connectivity index (χ3n) is 4.07. The molecule has 1 aliphatic carbocycles. The van der Waals surface area contributed by atoms with Crippen LogP contribution < -0.4 is 5.73 Å². The summed E-state index contributed by atoms with van der Waals surface area (Å²) in [6.07, 6.45) is 3.56. The molecule has 4 nitrogen and oxygen atoms in total. The maximum Gasteiger partial charge on any atom is 0.257 e. The van der Waals surface area contributed by atoms with Crippen LogP contribution in [0.15, 0.2) is 21.1 Å². The molecular formula is C14H16Br2FN3O. The van der Waals surface area contributed by atoms with E-state index >= 15 is 0 Å². The average molecular weight is 421 g/mol. The van der Waals surface area contributed by atoms with Gasteiger partial charge in [0.1, 0.15) is 0 Å². The summed E-state index contributed by atoms with van der Waals surface area (Å²) in [5.74, 6) is 0.0728. The number of aromatic nitrogens is 1. The molecular weight excluding hydrogens is 405 g/mol. The lowest BCUT2D eigenvalue weighted by atomic mass is 10.0. The number of carbonyl (C=O) groups is 1. The Morgan fingerprint density at radius 1 is 1.38 bits per heavy atom. The third kappa shape index (κ3) is 2.59. The molecule has 21 heavy (non-hydrogen) atoms. The Bertz CT molecular complexity index is 622. The van der Waals surface area contributed by atoms with Gasteiger partial charge in [0.15, 0.2) is 0 Å². The van der Waals surface area contributed by atoms with Gasteiger partial charge in [-0.25, -0.2) is 4.39 Å². The van der Waals surface area contributed by atoms with Crippen molar-refractivity contribution in [3.8, 4) is 0 Å². The van der Waals surface area contributed by atoms with Crippen LogP contribution in [0.1, 0.15) is 28.8 Å². The van der Waals surface area contributed by atoms with Gasteiger partial charge in [0.2, 0.25) is 0 Å². The Hall–Kier alpha value is -0.660. The first-order valence-corrected chi connectivity index (χ1v) is 8.52. The van der Waals surface area contributed by atoms with Crippen molar-refractivity contribution in [2.45, 2.75) is 31.8 Å². The lowest BCUT2D eigenvalue weighted by molar-refractivity contribution is 0.0726. The Labute approximate surface area is 139 Å². The van der Waals surface area contributed by atoms with Gasteiger partial charge >= 0.3 is 0 Å². The number of amides is 1. The van der Waals surface area contributed by atoms with Crippen molar-refractivity contribution >= 4 is 37.8 Å². The fraction of sp³-hybridized carbons (Fsp3) is 0.500. The molecule has 0 radical (unpaired) electrons. The maximum absolute atomic E-state index is 12.8. The molecule has 3 rings (SSSR count). The maximum atomic E-state index is 12.8. The highest BCUT2D eigenvalue weighted by molar-refractivity contribution is 9.11. The Balaban J connectivity index is 1.98. The Morgan fingerprint density at radius 2 is 2.10 bits per heavy atom. The molecule has 2 aliphatic rings. The minimum absolute atomic E-state index is 0.0728. The fourth-order valence-corrected chi connectivity index (χ4v) is 4.40. The molecule has 0 saturated heterocycles. The van der Waals surface area contributed by atoms with Gasteiger partial charge in [0, 0.05) is 31.2 Å². The predicted molar refractivity (Wildman–Crippen MR) is 85.8 cm³/mol. The van der Waals surface area contributed by atoms with Gasteiger partial charge in [-0.05, 0) is 56.7 Å². The fourth-order valence-electron chi connectivity index (χ4n) is 2.75. The molecule has 1 fully saturated rings. The van der Waals surface area contributed by atoms with Crippen molar-refractivity contribution < 1.29 is 9.18 Å². The van der Waals surface area contributed by atoms with Crippen molar-refractivity contribution in [1.82, 2.24) is 9.47 Å². The van der Waals surface area contributed by atoms with E-state index in [1.165, 1.54) is 0 Å². The summed E-state index contributed by atoms with van der Waals surface area (Å²) in [6, 6.07) is 0.407. The Morgan fingerprint density at radius 3 is 2.67 bits per heavy atom. The largest absolute Gasteiger partial charge is 0.335 e.